The Kier molecular flexibility index (Phi) is 3.94. The fourth-order valence-electron chi connectivity index (χ4n) is 1.56. The fraction of sp³-hybridized carbons (Fsp3) is 0.385. The predicted molar refractivity (Wildman–Crippen MR) is 69.8 cm³/mol. The summed E-state index contributed by atoms with van der Waals surface area (Å²) in [6, 6.07) is 2.41. The lowest BCUT2D eigenvalue weighted by atomic mass is 10.3. The number of aromatic nitrogens is 4. The second kappa shape index (κ2) is 5.64. The molecule has 0 radical (unpaired) electrons. The van der Waals surface area contributed by atoms with E-state index in [1.54, 1.807) is 18.6 Å². The first-order valence-corrected chi connectivity index (χ1v) is 5.99. The van der Waals surface area contributed by atoms with Crippen molar-refractivity contribution >= 4 is 0 Å². The molecule has 18 heavy (non-hydrogen) atoms. The highest BCUT2D eigenvalue weighted by molar-refractivity contribution is 5.47. The van der Waals surface area contributed by atoms with Crippen molar-refractivity contribution in [2.24, 2.45) is 0 Å². The minimum atomic E-state index is 0.431. The van der Waals surface area contributed by atoms with Crippen molar-refractivity contribution in [2.75, 3.05) is 0 Å². The maximum absolute atomic E-state index is 4.50. The molecule has 0 saturated heterocycles. The Morgan fingerprint density at radius 2 is 2.06 bits per heavy atom. The first kappa shape index (κ1) is 12.6. The second-order valence-electron chi connectivity index (χ2n) is 4.45. The molecule has 0 fully saturated rings. The highest BCUT2D eigenvalue weighted by atomic mass is 15.0. The van der Waals surface area contributed by atoms with E-state index in [1.165, 1.54) is 0 Å². The van der Waals surface area contributed by atoms with Gasteiger partial charge in [-0.3, -0.25) is 4.98 Å². The summed E-state index contributed by atoms with van der Waals surface area (Å²) in [6.45, 7) is 6.91. The monoisotopic (exact) mass is 243 g/mol. The van der Waals surface area contributed by atoms with Crippen molar-refractivity contribution in [2.45, 2.75) is 33.4 Å². The van der Waals surface area contributed by atoms with Gasteiger partial charge in [0.2, 0.25) is 0 Å². The van der Waals surface area contributed by atoms with E-state index in [-0.39, 0.29) is 0 Å². The molecule has 2 aromatic heterocycles. The summed E-state index contributed by atoms with van der Waals surface area (Å²) < 4.78 is 0. The molecule has 0 aliphatic heterocycles. The number of aryl methyl sites for hydroxylation is 1. The van der Waals surface area contributed by atoms with Crippen LogP contribution in [0.25, 0.3) is 11.5 Å². The topological polar surface area (TPSA) is 63.6 Å². The molecule has 5 nitrogen and oxygen atoms in total. The zero-order valence-electron chi connectivity index (χ0n) is 10.9. The van der Waals surface area contributed by atoms with Crippen LogP contribution in [0.5, 0.6) is 0 Å². The molecule has 0 spiro atoms. The predicted octanol–water partition coefficient (Wildman–Crippen LogP) is 1.74. The highest BCUT2D eigenvalue weighted by Gasteiger charge is 2.06. The van der Waals surface area contributed by atoms with Gasteiger partial charge in [-0.05, 0) is 13.0 Å². The largest absolute Gasteiger partial charge is 0.309 e. The number of hydrogen-bond acceptors (Lipinski definition) is 5. The third kappa shape index (κ3) is 3.30. The minimum Gasteiger partial charge on any atom is -0.309 e. The summed E-state index contributed by atoms with van der Waals surface area (Å²) in [7, 11) is 0. The molecule has 0 aliphatic rings. The van der Waals surface area contributed by atoms with Gasteiger partial charge in [0.25, 0.3) is 0 Å². The van der Waals surface area contributed by atoms with Gasteiger partial charge < -0.3 is 5.32 Å². The van der Waals surface area contributed by atoms with E-state index in [4.69, 9.17) is 0 Å². The van der Waals surface area contributed by atoms with Crippen molar-refractivity contribution in [3.05, 3.63) is 36.0 Å². The molecular formula is C13H17N5. The van der Waals surface area contributed by atoms with Crippen molar-refractivity contribution in [1.82, 2.24) is 25.3 Å². The summed E-state index contributed by atoms with van der Waals surface area (Å²) in [4.78, 5) is 17.1. The van der Waals surface area contributed by atoms with Crippen molar-refractivity contribution in [3.63, 3.8) is 0 Å². The highest BCUT2D eigenvalue weighted by Crippen LogP contribution is 2.11. The van der Waals surface area contributed by atoms with Crippen LogP contribution in [-0.2, 0) is 6.54 Å². The van der Waals surface area contributed by atoms with Gasteiger partial charge in [0.15, 0.2) is 5.82 Å². The Bertz CT molecular complexity index is 510. The molecule has 94 valence electrons. The molecule has 0 atom stereocenters. The zero-order chi connectivity index (χ0) is 13.0. The maximum Gasteiger partial charge on any atom is 0.180 e. The zero-order valence-corrected chi connectivity index (χ0v) is 10.9. The smallest absolute Gasteiger partial charge is 0.180 e. The first-order chi connectivity index (χ1) is 8.65. The third-order valence-electron chi connectivity index (χ3n) is 2.39. The van der Waals surface area contributed by atoms with Crippen LogP contribution >= 0.6 is 0 Å². The molecule has 1 N–H and O–H groups in total. The molecule has 0 saturated carbocycles. The van der Waals surface area contributed by atoms with Gasteiger partial charge in [-0.2, -0.15) is 0 Å². The van der Waals surface area contributed by atoms with E-state index in [1.807, 2.05) is 13.0 Å². The molecule has 0 aliphatic carbocycles. The normalized spacial score (nSPS) is 10.9. The van der Waals surface area contributed by atoms with Gasteiger partial charge in [0.1, 0.15) is 5.69 Å². The van der Waals surface area contributed by atoms with E-state index in [0.717, 1.165) is 17.9 Å². The van der Waals surface area contributed by atoms with E-state index in [2.05, 4.69) is 39.1 Å². The Hall–Kier alpha value is -1.88. The van der Waals surface area contributed by atoms with Crippen LogP contribution in [0.2, 0.25) is 0 Å². The Morgan fingerprint density at radius 3 is 2.72 bits per heavy atom. The number of nitrogens with one attached hydrogen (secondary N) is 1. The van der Waals surface area contributed by atoms with Crippen LogP contribution < -0.4 is 5.32 Å². The van der Waals surface area contributed by atoms with Gasteiger partial charge in [0, 0.05) is 30.7 Å². The summed E-state index contributed by atoms with van der Waals surface area (Å²) in [5, 5.41) is 3.34. The molecule has 5 heteroatoms. The first-order valence-electron chi connectivity index (χ1n) is 5.99. The molecule has 0 aromatic carbocycles. The minimum absolute atomic E-state index is 0.431. The number of rotatable bonds is 4. The van der Waals surface area contributed by atoms with Gasteiger partial charge in [0.05, 0.1) is 11.9 Å². The second-order valence-corrected chi connectivity index (χ2v) is 4.45. The van der Waals surface area contributed by atoms with Gasteiger partial charge >= 0.3 is 0 Å². The molecule has 2 rings (SSSR count). The SMILES string of the molecule is Cc1cc(CNC(C)C)nc(-c2cnccn2)n1. The Balaban J connectivity index is 2.27. The quantitative estimate of drug-likeness (QED) is 0.886. The van der Waals surface area contributed by atoms with Gasteiger partial charge in [-0.25, -0.2) is 15.0 Å². The summed E-state index contributed by atoms with van der Waals surface area (Å²) in [6.07, 6.45) is 4.96. The summed E-state index contributed by atoms with van der Waals surface area (Å²) >= 11 is 0. The van der Waals surface area contributed by atoms with Crippen LogP contribution in [0.3, 0.4) is 0 Å². The average Bonchev–Trinajstić information content (AvgIpc) is 2.37. The molecule has 2 aromatic rings. The lowest BCUT2D eigenvalue weighted by Crippen LogP contribution is -2.22. The van der Waals surface area contributed by atoms with Gasteiger partial charge in [-0.15, -0.1) is 0 Å². The van der Waals surface area contributed by atoms with Crippen LogP contribution in [0, 0.1) is 6.92 Å². The van der Waals surface area contributed by atoms with Crippen LogP contribution in [0.15, 0.2) is 24.7 Å². The van der Waals surface area contributed by atoms with E-state index < -0.39 is 0 Å². The third-order valence-corrected chi connectivity index (χ3v) is 2.39. The molecule has 0 bridgehead atoms. The summed E-state index contributed by atoms with van der Waals surface area (Å²) in [5.41, 5.74) is 2.61. The molecule has 0 amide bonds. The standard InChI is InChI=1S/C13H17N5/c1-9(2)16-7-11-6-10(3)17-13(18-11)12-8-14-4-5-15-12/h4-6,8-9,16H,7H2,1-3H3. The van der Waals surface area contributed by atoms with Crippen LogP contribution in [-0.4, -0.2) is 26.0 Å². The van der Waals surface area contributed by atoms with Crippen molar-refractivity contribution < 1.29 is 0 Å². The lowest BCUT2D eigenvalue weighted by Gasteiger charge is -2.09. The molecule has 2 heterocycles. The van der Waals surface area contributed by atoms with Gasteiger partial charge in [-0.1, -0.05) is 13.8 Å². The average molecular weight is 243 g/mol. The van der Waals surface area contributed by atoms with E-state index >= 15 is 0 Å². The Morgan fingerprint density at radius 1 is 1.22 bits per heavy atom. The molecular weight excluding hydrogens is 226 g/mol. The van der Waals surface area contributed by atoms with E-state index in [9.17, 15) is 0 Å². The maximum atomic E-state index is 4.50. The van der Waals surface area contributed by atoms with E-state index in [0.29, 0.717) is 17.6 Å². The van der Waals surface area contributed by atoms with Crippen molar-refractivity contribution in [1.29, 1.82) is 0 Å². The van der Waals surface area contributed by atoms with Crippen LogP contribution in [0.1, 0.15) is 25.2 Å². The summed E-state index contributed by atoms with van der Waals surface area (Å²) in [5.74, 6) is 0.628. The fourth-order valence-corrected chi connectivity index (χ4v) is 1.56. The van der Waals surface area contributed by atoms with Crippen molar-refractivity contribution in [3.8, 4) is 11.5 Å². The Labute approximate surface area is 107 Å². The number of nitrogens with zero attached hydrogens (tertiary/aromatic N) is 4. The molecule has 0 unspecified atom stereocenters. The lowest BCUT2D eigenvalue weighted by molar-refractivity contribution is 0.580. The van der Waals surface area contributed by atoms with Crippen LogP contribution in [0.4, 0.5) is 0 Å². The number of hydrogen-bond donors (Lipinski definition) is 1.